The number of nitrogens with zero attached hydrogens (tertiary/aromatic N) is 1. The minimum Gasteiger partial charge on any atom is -0.464 e. The largest absolute Gasteiger partial charge is 0.464 e. The molecule has 5 heteroatoms. The monoisotopic (exact) mass is 260 g/mol. The van der Waals surface area contributed by atoms with Gasteiger partial charge in [0.05, 0.1) is 13.2 Å². The quantitative estimate of drug-likeness (QED) is 0.417. The number of hydrogen-bond donors (Lipinski definition) is 1. The molecule has 0 fully saturated rings. The molecule has 0 saturated carbocycles. The SMILES string of the molecule is CCCN(CC)CCNCCOCC(=O)OCC. The summed E-state index contributed by atoms with van der Waals surface area (Å²) in [6, 6.07) is 0. The summed E-state index contributed by atoms with van der Waals surface area (Å²) >= 11 is 0. The van der Waals surface area contributed by atoms with Crippen molar-refractivity contribution in [2.75, 3.05) is 52.5 Å². The highest BCUT2D eigenvalue weighted by molar-refractivity contribution is 5.70. The fourth-order valence-electron chi connectivity index (χ4n) is 1.61. The van der Waals surface area contributed by atoms with Crippen LogP contribution in [0.15, 0.2) is 0 Å². The number of nitrogens with one attached hydrogen (secondary N) is 1. The van der Waals surface area contributed by atoms with E-state index in [-0.39, 0.29) is 12.6 Å². The standard InChI is InChI=1S/C13H28N2O3/c1-4-9-15(5-2)10-7-14-8-11-17-12-13(16)18-6-3/h14H,4-12H2,1-3H3. The van der Waals surface area contributed by atoms with Gasteiger partial charge in [0.25, 0.3) is 0 Å². The van der Waals surface area contributed by atoms with Crippen LogP contribution in [0, 0.1) is 0 Å². The topological polar surface area (TPSA) is 50.8 Å². The van der Waals surface area contributed by atoms with Crippen LogP contribution in [0.2, 0.25) is 0 Å². The van der Waals surface area contributed by atoms with Crippen molar-refractivity contribution >= 4 is 5.97 Å². The van der Waals surface area contributed by atoms with E-state index in [4.69, 9.17) is 9.47 Å². The fourth-order valence-corrected chi connectivity index (χ4v) is 1.61. The summed E-state index contributed by atoms with van der Waals surface area (Å²) in [5.74, 6) is -0.294. The Morgan fingerprint density at radius 2 is 1.94 bits per heavy atom. The molecule has 0 bridgehead atoms. The Labute approximate surface area is 111 Å². The molecule has 0 aliphatic rings. The molecule has 0 aromatic rings. The van der Waals surface area contributed by atoms with Crippen LogP contribution in [0.4, 0.5) is 0 Å². The third-order valence-electron chi connectivity index (χ3n) is 2.54. The summed E-state index contributed by atoms with van der Waals surface area (Å²) in [6.45, 7) is 12.2. The zero-order valence-corrected chi connectivity index (χ0v) is 12.0. The maximum Gasteiger partial charge on any atom is 0.332 e. The molecule has 0 spiro atoms. The third-order valence-corrected chi connectivity index (χ3v) is 2.54. The molecule has 18 heavy (non-hydrogen) atoms. The van der Waals surface area contributed by atoms with Gasteiger partial charge in [-0.1, -0.05) is 13.8 Å². The van der Waals surface area contributed by atoms with E-state index in [1.165, 1.54) is 6.42 Å². The molecule has 0 saturated heterocycles. The Hall–Kier alpha value is -0.650. The number of likely N-dealkylation sites (N-methyl/N-ethyl adjacent to an activating group) is 1. The fraction of sp³-hybridized carbons (Fsp3) is 0.923. The van der Waals surface area contributed by atoms with Crippen LogP contribution in [0.1, 0.15) is 27.2 Å². The summed E-state index contributed by atoms with van der Waals surface area (Å²) in [4.78, 5) is 13.4. The first-order chi connectivity index (χ1) is 8.74. The second-order valence-electron chi connectivity index (χ2n) is 4.04. The Bertz CT molecular complexity index is 201. The lowest BCUT2D eigenvalue weighted by molar-refractivity contribution is -0.148. The number of carbonyl (C=O) groups excluding carboxylic acids is 1. The molecule has 0 aromatic carbocycles. The Morgan fingerprint density at radius 1 is 1.17 bits per heavy atom. The highest BCUT2D eigenvalue weighted by Gasteiger charge is 2.01. The van der Waals surface area contributed by atoms with Gasteiger partial charge >= 0.3 is 5.97 Å². The average molecular weight is 260 g/mol. The van der Waals surface area contributed by atoms with E-state index in [0.29, 0.717) is 13.2 Å². The Kier molecular flexibility index (Phi) is 12.3. The molecule has 0 aromatic heterocycles. The molecule has 1 N–H and O–H groups in total. The van der Waals surface area contributed by atoms with Crippen LogP contribution in [-0.2, 0) is 14.3 Å². The smallest absolute Gasteiger partial charge is 0.332 e. The number of carbonyl (C=O) groups is 1. The molecule has 0 atom stereocenters. The molecule has 0 aliphatic carbocycles. The second kappa shape index (κ2) is 12.8. The average Bonchev–Trinajstić information content (AvgIpc) is 2.36. The number of esters is 1. The van der Waals surface area contributed by atoms with Gasteiger partial charge in [0, 0.05) is 19.6 Å². The third kappa shape index (κ3) is 10.5. The molecule has 108 valence electrons. The zero-order chi connectivity index (χ0) is 13.6. The summed E-state index contributed by atoms with van der Waals surface area (Å²) in [5.41, 5.74) is 0. The van der Waals surface area contributed by atoms with Crippen molar-refractivity contribution in [2.45, 2.75) is 27.2 Å². The van der Waals surface area contributed by atoms with Crippen LogP contribution in [0.5, 0.6) is 0 Å². The lowest BCUT2D eigenvalue weighted by Crippen LogP contribution is -2.34. The number of rotatable bonds is 12. The molecular weight excluding hydrogens is 232 g/mol. The number of ether oxygens (including phenoxy) is 2. The molecule has 0 radical (unpaired) electrons. The normalized spacial score (nSPS) is 10.9. The van der Waals surface area contributed by atoms with Crippen molar-refractivity contribution in [3.05, 3.63) is 0 Å². The van der Waals surface area contributed by atoms with E-state index < -0.39 is 0 Å². The van der Waals surface area contributed by atoms with Gasteiger partial charge in [-0.15, -0.1) is 0 Å². The molecule has 0 aliphatic heterocycles. The zero-order valence-electron chi connectivity index (χ0n) is 12.0. The van der Waals surface area contributed by atoms with E-state index in [1.54, 1.807) is 6.92 Å². The van der Waals surface area contributed by atoms with Crippen molar-refractivity contribution in [1.29, 1.82) is 0 Å². The maximum atomic E-state index is 11.0. The first-order valence-corrected chi connectivity index (χ1v) is 6.90. The summed E-state index contributed by atoms with van der Waals surface area (Å²) in [5, 5.41) is 3.30. The molecule has 0 unspecified atom stereocenters. The lowest BCUT2D eigenvalue weighted by Gasteiger charge is -2.19. The van der Waals surface area contributed by atoms with Gasteiger partial charge in [-0.05, 0) is 26.4 Å². The van der Waals surface area contributed by atoms with Crippen LogP contribution in [0.3, 0.4) is 0 Å². The molecule has 5 nitrogen and oxygen atoms in total. The van der Waals surface area contributed by atoms with Crippen LogP contribution in [0.25, 0.3) is 0 Å². The highest BCUT2D eigenvalue weighted by atomic mass is 16.6. The summed E-state index contributed by atoms with van der Waals surface area (Å²) < 4.78 is 9.93. The molecule has 0 rings (SSSR count). The van der Waals surface area contributed by atoms with Crippen molar-refractivity contribution in [3.8, 4) is 0 Å². The molecule has 0 heterocycles. The van der Waals surface area contributed by atoms with Gasteiger partial charge in [-0.2, -0.15) is 0 Å². The van der Waals surface area contributed by atoms with E-state index in [1.807, 2.05) is 0 Å². The summed E-state index contributed by atoms with van der Waals surface area (Å²) in [7, 11) is 0. The first kappa shape index (κ1) is 17.4. The molecule has 0 amide bonds. The molecular formula is C13H28N2O3. The minimum absolute atomic E-state index is 0.0481. The first-order valence-electron chi connectivity index (χ1n) is 6.90. The van der Waals surface area contributed by atoms with E-state index in [0.717, 1.165) is 32.7 Å². The number of hydrogen-bond acceptors (Lipinski definition) is 5. The minimum atomic E-state index is -0.294. The predicted octanol–water partition coefficient (Wildman–Crippen LogP) is 0.888. The van der Waals surface area contributed by atoms with Crippen LogP contribution in [-0.4, -0.2) is 63.4 Å². The van der Waals surface area contributed by atoms with Crippen molar-refractivity contribution < 1.29 is 14.3 Å². The maximum absolute atomic E-state index is 11.0. The van der Waals surface area contributed by atoms with Gasteiger partial charge in [0.1, 0.15) is 6.61 Å². The van der Waals surface area contributed by atoms with Crippen LogP contribution >= 0.6 is 0 Å². The highest BCUT2D eigenvalue weighted by Crippen LogP contribution is 1.88. The Balaban J connectivity index is 3.27. The van der Waals surface area contributed by atoms with Gasteiger partial charge < -0.3 is 19.7 Å². The van der Waals surface area contributed by atoms with E-state index >= 15 is 0 Å². The predicted molar refractivity (Wildman–Crippen MR) is 72.7 cm³/mol. The van der Waals surface area contributed by atoms with Crippen molar-refractivity contribution in [2.24, 2.45) is 0 Å². The van der Waals surface area contributed by atoms with E-state index in [9.17, 15) is 4.79 Å². The van der Waals surface area contributed by atoms with E-state index in [2.05, 4.69) is 24.1 Å². The lowest BCUT2D eigenvalue weighted by atomic mass is 10.4. The van der Waals surface area contributed by atoms with Gasteiger partial charge in [-0.3, -0.25) is 0 Å². The van der Waals surface area contributed by atoms with Crippen molar-refractivity contribution in [3.63, 3.8) is 0 Å². The summed E-state index contributed by atoms with van der Waals surface area (Å²) in [6.07, 6.45) is 1.19. The van der Waals surface area contributed by atoms with Gasteiger partial charge in [0.15, 0.2) is 0 Å². The Morgan fingerprint density at radius 3 is 2.56 bits per heavy atom. The van der Waals surface area contributed by atoms with Gasteiger partial charge in [0.2, 0.25) is 0 Å². The second-order valence-corrected chi connectivity index (χ2v) is 4.04. The van der Waals surface area contributed by atoms with Crippen LogP contribution < -0.4 is 5.32 Å². The van der Waals surface area contributed by atoms with Crippen molar-refractivity contribution in [1.82, 2.24) is 10.2 Å². The van der Waals surface area contributed by atoms with Gasteiger partial charge in [-0.25, -0.2) is 4.79 Å².